The van der Waals surface area contributed by atoms with E-state index < -0.39 is 12.0 Å². The Labute approximate surface area is 138 Å². The normalized spacial score (nSPS) is 13.9. The van der Waals surface area contributed by atoms with Crippen LogP contribution >= 0.6 is 12.4 Å². The number of pyridine rings is 1. The second-order valence-corrected chi connectivity index (χ2v) is 6.51. The first-order valence-electron chi connectivity index (χ1n) is 7.22. The van der Waals surface area contributed by atoms with Crippen LogP contribution in [0.15, 0.2) is 18.3 Å². The first kappa shape index (κ1) is 20.7. The van der Waals surface area contributed by atoms with E-state index in [9.17, 15) is 9.90 Å². The van der Waals surface area contributed by atoms with Crippen molar-refractivity contribution in [1.29, 1.82) is 0 Å². The lowest BCUT2D eigenvalue weighted by Gasteiger charge is -2.24. The molecule has 1 aromatic rings. The Morgan fingerprint density at radius 1 is 1.45 bits per heavy atom. The standard InChI is InChI=1S/C16H26N2O3.ClH/c1-11(12-7-9-17-14(10-12)21-5)18-13(15(19)20)6-8-16(2,3)4;/h7,9-11,13,18H,6,8H2,1-5H3,(H,19,20);1H. The van der Waals surface area contributed by atoms with Crippen molar-refractivity contribution in [2.24, 2.45) is 5.41 Å². The summed E-state index contributed by atoms with van der Waals surface area (Å²) < 4.78 is 5.09. The molecule has 0 bridgehead atoms. The van der Waals surface area contributed by atoms with Crippen LogP contribution in [0.5, 0.6) is 5.88 Å². The summed E-state index contributed by atoms with van der Waals surface area (Å²) in [6, 6.07) is 3.05. The van der Waals surface area contributed by atoms with Gasteiger partial charge in [-0.05, 0) is 36.8 Å². The topological polar surface area (TPSA) is 71.5 Å². The Kier molecular flexibility index (Phi) is 8.41. The number of hydrogen-bond donors (Lipinski definition) is 2. The number of carbonyl (C=O) groups is 1. The van der Waals surface area contributed by atoms with Gasteiger partial charge in [-0.15, -0.1) is 12.4 Å². The highest BCUT2D eigenvalue weighted by Gasteiger charge is 2.23. The van der Waals surface area contributed by atoms with E-state index >= 15 is 0 Å². The van der Waals surface area contributed by atoms with E-state index in [2.05, 4.69) is 31.1 Å². The zero-order valence-electron chi connectivity index (χ0n) is 13.9. The van der Waals surface area contributed by atoms with Crippen molar-refractivity contribution < 1.29 is 14.6 Å². The van der Waals surface area contributed by atoms with Gasteiger partial charge < -0.3 is 9.84 Å². The second kappa shape index (κ2) is 8.96. The Morgan fingerprint density at radius 3 is 2.59 bits per heavy atom. The van der Waals surface area contributed by atoms with Crippen molar-refractivity contribution in [3.05, 3.63) is 23.9 Å². The average molecular weight is 331 g/mol. The zero-order chi connectivity index (χ0) is 16.0. The van der Waals surface area contributed by atoms with Crippen molar-refractivity contribution in [2.45, 2.75) is 52.6 Å². The summed E-state index contributed by atoms with van der Waals surface area (Å²) in [6.07, 6.45) is 3.12. The average Bonchev–Trinajstić information content (AvgIpc) is 2.41. The Morgan fingerprint density at radius 2 is 2.09 bits per heavy atom. The van der Waals surface area contributed by atoms with Gasteiger partial charge in [0.2, 0.25) is 5.88 Å². The molecule has 0 radical (unpaired) electrons. The largest absolute Gasteiger partial charge is 0.481 e. The van der Waals surface area contributed by atoms with Crippen LogP contribution in [-0.2, 0) is 4.79 Å². The molecule has 0 aliphatic carbocycles. The van der Waals surface area contributed by atoms with Crippen LogP contribution in [0.3, 0.4) is 0 Å². The van der Waals surface area contributed by atoms with E-state index in [0.29, 0.717) is 12.3 Å². The minimum Gasteiger partial charge on any atom is -0.481 e. The Hall–Kier alpha value is -1.33. The molecule has 6 heteroatoms. The fraction of sp³-hybridized carbons (Fsp3) is 0.625. The molecule has 0 saturated carbocycles. The molecule has 2 N–H and O–H groups in total. The molecule has 0 aromatic carbocycles. The van der Waals surface area contributed by atoms with E-state index in [1.807, 2.05) is 19.1 Å². The highest BCUT2D eigenvalue weighted by atomic mass is 35.5. The van der Waals surface area contributed by atoms with Crippen molar-refractivity contribution in [3.63, 3.8) is 0 Å². The molecule has 2 atom stereocenters. The number of methoxy groups -OCH3 is 1. The summed E-state index contributed by atoms with van der Waals surface area (Å²) >= 11 is 0. The van der Waals surface area contributed by atoms with Crippen molar-refractivity contribution in [2.75, 3.05) is 7.11 Å². The van der Waals surface area contributed by atoms with Crippen LogP contribution in [0, 0.1) is 5.41 Å². The van der Waals surface area contributed by atoms with E-state index in [-0.39, 0.29) is 23.9 Å². The van der Waals surface area contributed by atoms with Crippen molar-refractivity contribution >= 4 is 18.4 Å². The zero-order valence-corrected chi connectivity index (χ0v) is 14.7. The molecule has 0 aliphatic heterocycles. The molecule has 1 rings (SSSR count). The number of carboxylic acids is 1. The van der Waals surface area contributed by atoms with Gasteiger partial charge in [0.15, 0.2) is 0 Å². The minimum atomic E-state index is -0.813. The van der Waals surface area contributed by atoms with E-state index in [4.69, 9.17) is 4.74 Å². The van der Waals surface area contributed by atoms with Crippen LogP contribution in [-0.4, -0.2) is 29.2 Å². The van der Waals surface area contributed by atoms with Gasteiger partial charge in [0.1, 0.15) is 6.04 Å². The Bertz CT molecular complexity index is 475. The molecular weight excluding hydrogens is 304 g/mol. The molecular formula is C16H27ClN2O3. The minimum absolute atomic E-state index is 0. The maximum atomic E-state index is 11.4. The molecule has 5 nitrogen and oxygen atoms in total. The maximum absolute atomic E-state index is 11.4. The monoisotopic (exact) mass is 330 g/mol. The van der Waals surface area contributed by atoms with Crippen molar-refractivity contribution in [3.8, 4) is 5.88 Å². The molecule has 0 fully saturated rings. The maximum Gasteiger partial charge on any atom is 0.320 e. The summed E-state index contributed by atoms with van der Waals surface area (Å²) in [6.45, 7) is 8.29. The third-order valence-electron chi connectivity index (χ3n) is 3.40. The smallest absolute Gasteiger partial charge is 0.320 e. The van der Waals surface area contributed by atoms with Gasteiger partial charge in [0.25, 0.3) is 0 Å². The number of carboxylic acid groups (broad SMARTS) is 1. The lowest BCUT2D eigenvalue weighted by Crippen LogP contribution is -2.39. The first-order chi connectivity index (χ1) is 9.73. The van der Waals surface area contributed by atoms with Crippen LogP contribution in [0.25, 0.3) is 0 Å². The van der Waals surface area contributed by atoms with Gasteiger partial charge in [0.05, 0.1) is 7.11 Å². The van der Waals surface area contributed by atoms with Gasteiger partial charge in [-0.25, -0.2) is 4.98 Å². The molecule has 0 amide bonds. The first-order valence-corrected chi connectivity index (χ1v) is 7.22. The van der Waals surface area contributed by atoms with E-state index in [0.717, 1.165) is 12.0 Å². The predicted octanol–water partition coefficient (Wildman–Crippen LogP) is 3.44. The number of nitrogens with zero attached hydrogens (tertiary/aromatic N) is 1. The highest BCUT2D eigenvalue weighted by molar-refractivity contribution is 5.85. The number of hydrogen-bond acceptors (Lipinski definition) is 4. The van der Waals surface area contributed by atoms with Crippen LogP contribution < -0.4 is 10.1 Å². The van der Waals surface area contributed by atoms with E-state index in [1.165, 1.54) is 0 Å². The molecule has 1 heterocycles. The quantitative estimate of drug-likeness (QED) is 0.801. The molecule has 0 aliphatic rings. The van der Waals surface area contributed by atoms with Crippen LogP contribution in [0.1, 0.15) is 52.1 Å². The highest BCUT2D eigenvalue weighted by Crippen LogP contribution is 2.23. The van der Waals surface area contributed by atoms with Crippen LogP contribution in [0.4, 0.5) is 0 Å². The van der Waals surface area contributed by atoms with Gasteiger partial charge in [-0.1, -0.05) is 20.8 Å². The third-order valence-corrected chi connectivity index (χ3v) is 3.40. The fourth-order valence-corrected chi connectivity index (χ4v) is 2.06. The van der Waals surface area contributed by atoms with E-state index in [1.54, 1.807) is 13.3 Å². The van der Waals surface area contributed by atoms with Gasteiger partial charge in [0, 0.05) is 18.3 Å². The summed E-state index contributed by atoms with van der Waals surface area (Å²) in [5.74, 6) is -0.283. The molecule has 22 heavy (non-hydrogen) atoms. The van der Waals surface area contributed by atoms with Gasteiger partial charge in [-0.3, -0.25) is 10.1 Å². The second-order valence-electron chi connectivity index (χ2n) is 6.51. The fourth-order valence-electron chi connectivity index (χ4n) is 2.06. The molecule has 0 spiro atoms. The lowest BCUT2D eigenvalue weighted by atomic mass is 9.88. The predicted molar refractivity (Wildman–Crippen MR) is 89.7 cm³/mol. The number of halogens is 1. The van der Waals surface area contributed by atoms with Gasteiger partial charge >= 0.3 is 5.97 Å². The summed E-state index contributed by atoms with van der Waals surface area (Å²) in [5, 5.41) is 12.5. The van der Waals surface area contributed by atoms with Gasteiger partial charge in [-0.2, -0.15) is 0 Å². The molecule has 2 unspecified atom stereocenters. The molecule has 126 valence electrons. The summed E-state index contributed by atoms with van der Waals surface area (Å²) in [5.41, 5.74) is 1.09. The third kappa shape index (κ3) is 7.09. The number of aliphatic carboxylic acids is 1. The number of aromatic nitrogens is 1. The van der Waals surface area contributed by atoms with Crippen LogP contribution in [0.2, 0.25) is 0 Å². The summed E-state index contributed by atoms with van der Waals surface area (Å²) in [7, 11) is 1.56. The number of nitrogens with one attached hydrogen (secondary N) is 1. The SMILES string of the molecule is COc1cc(C(C)NC(CCC(C)(C)C)C(=O)O)ccn1.Cl. The lowest BCUT2D eigenvalue weighted by molar-refractivity contribution is -0.140. The molecule has 0 saturated heterocycles. The number of ether oxygens (including phenoxy) is 1. The Balaban J connectivity index is 0.00000441. The van der Waals surface area contributed by atoms with Crippen molar-refractivity contribution in [1.82, 2.24) is 10.3 Å². The molecule has 1 aromatic heterocycles. The summed E-state index contributed by atoms with van der Waals surface area (Å²) in [4.78, 5) is 15.5. The number of rotatable bonds is 7.